The van der Waals surface area contributed by atoms with E-state index in [1.54, 1.807) is 0 Å². The van der Waals surface area contributed by atoms with Crippen molar-refractivity contribution in [3.05, 3.63) is 151 Å². The zero-order valence-corrected chi connectivity index (χ0v) is 22.1. The standard InChI is InChI=1S/C38H23N3/c39-24-31-35(26-14-4-1-5-15-26)37(28-18-8-3-9-19-28)36(27-16-6-2-7-17-27)32(25-40)38(31)41-33-22-12-10-20-29(33)30-21-11-13-23-34(30)41/h1-23H. The molecule has 190 valence electrons. The normalized spacial score (nSPS) is 10.9. The van der Waals surface area contributed by atoms with Crippen molar-refractivity contribution < 1.29 is 0 Å². The highest BCUT2D eigenvalue weighted by Gasteiger charge is 2.29. The van der Waals surface area contributed by atoms with Crippen LogP contribution in [-0.2, 0) is 0 Å². The third-order valence-electron chi connectivity index (χ3n) is 7.69. The van der Waals surface area contributed by atoms with Crippen molar-refractivity contribution in [2.75, 3.05) is 0 Å². The van der Waals surface area contributed by atoms with Crippen molar-refractivity contribution in [3.63, 3.8) is 0 Å². The van der Waals surface area contributed by atoms with E-state index in [-0.39, 0.29) is 0 Å². The molecule has 3 heteroatoms. The Morgan fingerprint density at radius 3 is 1.12 bits per heavy atom. The Labute approximate surface area is 238 Å². The minimum Gasteiger partial charge on any atom is -0.307 e. The van der Waals surface area contributed by atoms with E-state index in [1.807, 2.05) is 103 Å². The molecule has 0 spiro atoms. The highest BCUT2D eigenvalue weighted by molar-refractivity contribution is 6.11. The Bertz CT molecular complexity index is 2010. The molecular weight excluding hydrogens is 498 g/mol. The first-order valence-corrected chi connectivity index (χ1v) is 13.5. The molecule has 0 aliphatic carbocycles. The lowest BCUT2D eigenvalue weighted by atomic mass is 9.81. The summed E-state index contributed by atoms with van der Waals surface area (Å²) >= 11 is 0. The smallest absolute Gasteiger partial charge is 0.102 e. The van der Waals surface area contributed by atoms with Crippen LogP contribution >= 0.6 is 0 Å². The van der Waals surface area contributed by atoms with Gasteiger partial charge in [0.25, 0.3) is 0 Å². The first-order chi connectivity index (χ1) is 20.3. The zero-order chi connectivity index (χ0) is 27.8. The summed E-state index contributed by atoms with van der Waals surface area (Å²) in [4.78, 5) is 0. The van der Waals surface area contributed by atoms with Crippen LogP contribution in [0.15, 0.2) is 140 Å². The number of hydrogen-bond donors (Lipinski definition) is 0. The van der Waals surface area contributed by atoms with Crippen LogP contribution in [0, 0.1) is 22.7 Å². The molecule has 0 saturated heterocycles. The van der Waals surface area contributed by atoms with E-state index in [9.17, 15) is 10.5 Å². The maximum Gasteiger partial charge on any atom is 0.102 e. The molecule has 0 aliphatic rings. The monoisotopic (exact) mass is 521 g/mol. The van der Waals surface area contributed by atoms with E-state index in [2.05, 4.69) is 53.1 Å². The van der Waals surface area contributed by atoms with Crippen LogP contribution in [0.5, 0.6) is 0 Å². The largest absolute Gasteiger partial charge is 0.307 e. The van der Waals surface area contributed by atoms with Gasteiger partial charge in [-0.15, -0.1) is 0 Å². The molecule has 0 saturated carbocycles. The van der Waals surface area contributed by atoms with Gasteiger partial charge in [-0.25, -0.2) is 0 Å². The molecule has 0 aliphatic heterocycles. The molecule has 0 bridgehead atoms. The average molecular weight is 522 g/mol. The second-order valence-electron chi connectivity index (χ2n) is 9.91. The van der Waals surface area contributed by atoms with Crippen LogP contribution in [0.4, 0.5) is 0 Å². The second-order valence-corrected chi connectivity index (χ2v) is 9.91. The minimum atomic E-state index is 0.470. The molecule has 0 radical (unpaired) electrons. The number of benzene rings is 6. The van der Waals surface area contributed by atoms with Crippen LogP contribution < -0.4 is 0 Å². The summed E-state index contributed by atoms with van der Waals surface area (Å²) in [6, 6.07) is 51.7. The van der Waals surface area contributed by atoms with Crippen LogP contribution in [0.1, 0.15) is 11.1 Å². The number of para-hydroxylation sites is 2. The first kappa shape index (κ1) is 24.2. The molecule has 7 aromatic rings. The van der Waals surface area contributed by atoms with Gasteiger partial charge in [-0.3, -0.25) is 0 Å². The topological polar surface area (TPSA) is 52.5 Å². The van der Waals surface area contributed by atoms with Gasteiger partial charge in [-0.05, 0) is 28.8 Å². The summed E-state index contributed by atoms with van der Waals surface area (Å²) in [6.45, 7) is 0. The number of fused-ring (bicyclic) bond motifs is 3. The van der Waals surface area contributed by atoms with Gasteiger partial charge in [0.1, 0.15) is 12.1 Å². The molecule has 0 N–H and O–H groups in total. The molecule has 0 amide bonds. The predicted molar refractivity (Wildman–Crippen MR) is 167 cm³/mol. The van der Waals surface area contributed by atoms with E-state index in [1.165, 1.54) is 0 Å². The first-order valence-electron chi connectivity index (χ1n) is 13.5. The summed E-state index contributed by atoms with van der Waals surface area (Å²) in [5, 5.41) is 24.1. The fraction of sp³-hybridized carbons (Fsp3) is 0. The molecule has 41 heavy (non-hydrogen) atoms. The molecular formula is C38H23N3. The Morgan fingerprint density at radius 1 is 0.390 bits per heavy atom. The summed E-state index contributed by atoms with van der Waals surface area (Å²) in [5.74, 6) is 0. The van der Waals surface area contributed by atoms with E-state index in [0.29, 0.717) is 16.8 Å². The Kier molecular flexibility index (Phi) is 5.90. The lowest BCUT2D eigenvalue weighted by Gasteiger charge is -2.24. The van der Waals surface area contributed by atoms with Gasteiger partial charge in [0.15, 0.2) is 0 Å². The third kappa shape index (κ3) is 3.80. The van der Waals surface area contributed by atoms with Crippen molar-refractivity contribution in [3.8, 4) is 51.2 Å². The SMILES string of the molecule is N#Cc1c(-c2ccccc2)c(-c2ccccc2)c(-c2ccccc2)c(C#N)c1-n1c2ccccc2c2ccccc21. The quantitative estimate of drug-likeness (QED) is 0.232. The Hall–Kier alpha value is -5.90. The van der Waals surface area contributed by atoms with Crippen LogP contribution in [-0.4, -0.2) is 4.57 Å². The third-order valence-corrected chi connectivity index (χ3v) is 7.69. The van der Waals surface area contributed by atoms with Crippen molar-refractivity contribution in [1.29, 1.82) is 10.5 Å². The van der Waals surface area contributed by atoms with Gasteiger partial charge in [0.05, 0.1) is 27.8 Å². The van der Waals surface area contributed by atoms with Crippen LogP contribution in [0.2, 0.25) is 0 Å². The second kappa shape index (κ2) is 10.0. The molecule has 3 nitrogen and oxygen atoms in total. The van der Waals surface area contributed by atoms with Crippen molar-refractivity contribution in [2.24, 2.45) is 0 Å². The maximum absolute atomic E-state index is 11.0. The molecule has 0 atom stereocenters. The van der Waals surface area contributed by atoms with Crippen LogP contribution in [0.3, 0.4) is 0 Å². The molecule has 1 heterocycles. The summed E-state index contributed by atoms with van der Waals surface area (Å²) in [5.41, 5.74) is 8.74. The van der Waals surface area contributed by atoms with Gasteiger partial charge >= 0.3 is 0 Å². The molecule has 0 fully saturated rings. The minimum absolute atomic E-state index is 0.470. The number of rotatable bonds is 4. The highest BCUT2D eigenvalue weighted by Crippen LogP contribution is 2.48. The van der Waals surface area contributed by atoms with Gasteiger partial charge in [0, 0.05) is 27.5 Å². The Morgan fingerprint density at radius 2 is 0.732 bits per heavy atom. The highest BCUT2D eigenvalue weighted by atomic mass is 15.0. The van der Waals surface area contributed by atoms with Crippen molar-refractivity contribution >= 4 is 21.8 Å². The van der Waals surface area contributed by atoms with E-state index >= 15 is 0 Å². The van der Waals surface area contributed by atoms with E-state index in [4.69, 9.17) is 0 Å². The summed E-state index contributed by atoms with van der Waals surface area (Å²) in [6.07, 6.45) is 0. The predicted octanol–water partition coefficient (Wildman–Crippen LogP) is 9.53. The van der Waals surface area contributed by atoms with E-state index < -0.39 is 0 Å². The molecule has 6 aromatic carbocycles. The van der Waals surface area contributed by atoms with E-state index in [0.717, 1.165) is 55.2 Å². The summed E-state index contributed by atoms with van der Waals surface area (Å²) in [7, 11) is 0. The summed E-state index contributed by atoms with van der Waals surface area (Å²) < 4.78 is 2.11. The number of hydrogen-bond acceptors (Lipinski definition) is 2. The molecule has 7 rings (SSSR count). The van der Waals surface area contributed by atoms with Gasteiger partial charge in [0.2, 0.25) is 0 Å². The van der Waals surface area contributed by atoms with Crippen molar-refractivity contribution in [2.45, 2.75) is 0 Å². The number of nitrogens with zero attached hydrogens (tertiary/aromatic N) is 3. The van der Waals surface area contributed by atoms with Gasteiger partial charge < -0.3 is 4.57 Å². The maximum atomic E-state index is 11.0. The van der Waals surface area contributed by atoms with Crippen LogP contribution in [0.25, 0.3) is 60.9 Å². The lowest BCUT2D eigenvalue weighted by molar-refractivity contribution is 1.16. The van der Waals surface area contributed by atoms with Gasteiger partial charge in [-0.2, -0.15) is 10.5 Å². The molecule has 0 unspecified atom stereocenters. The molecule has 1 aromatic heterocycles. The Balaban J connectivity index is 1.79. The van der Waals surface area contributed by atoms with Crippen molar-refractivity contribution in [1.82, 2.24) is 4.57 Å². The fourth-order valence-electron chi connectivity index (χ4n) is 6.02. The number of aromatic nitrogens is 1. The zero-order valence-electron chi connectivity index (χ0n) is 22.1. The fourth-order valence-corrected chi connectivity index (χ4v) is 6.02. The number of nitriles is 2. The lowest BCUT2D eigenvalue weighted by Crippen LogP contribution is -2.07. The van der Waals surface area contributed by atoms with Gasteiger partial charge in [-0.1, -0.05) is 127 Å². The average Bonchev–Trinajstić information content (AvgIpc) is 3.38.